The van der Waals surface area contributed by atoms with E-state index < -0.39 is 15.9 Å². The predicted molar refractivity (Wildman–Crippen MR) is 130 cm³/mol. The third-order valence-electron chi connectivity index (χ3n) is 6.06. The van der Waals surface area contributed by atoms with Crippen LogP contribution in [0.1, 0.15) is 33.4 Å². The van der Waals surface area contributed by atoms with Crippen LogP contribution in [0.3, 0.4) is 0 Å². The fourth-order valence-electron chi connectivity index (χ4n) is 4.38. The highest BCUT2D eigenvalue weighted by Gasteiger charge is 2.33. The number of Topliss-reactive ketones (excluding diaryl/α,β-unsaturated/α-hetero) is 1. The van der Waals surface area contributed by atoms with Crippen LogP contribution in [0.5, 0.6) is 0 Å². The van der Waals surface area contributed by atoms with Crippen LogP contribution in [0.4, 0.5) is 0 Å². The number of benzene rings is 3. The number of nitrogens with one attached hydrogen (secondary N) is 1. The monoisotopic (exact) mass is 472 g/mol. The molecule has 0 radical (unpaired) electrons. The van der Waals surface area contributed by atoms with E-state index in [0.29, 0.717) is 35.6 Å². The molecular weight excluding hydrogens is 448 g/mol. The second kappa shape index (κ2) is 8.64. The molecule has 5 rings (SSSR count). The Kier molecular flexibility index (Phi) is 5.65. The summed E-state index contributed by atoms with van der Waals surface area (Å²) in [6.45, 7) is 0.787. The van der Waals surface area contributed by atoms with Crippen LogP contribution in [0.2, 0.25) is 0 Å². The van der Waals surface area contributed by atoms with Gasteiger partial charge in [-0.05, 0) is 34.9 Å². The van der Waals surface area contributed by atoms with Crippen molar-refractivity contribution >= 4 is 15.6 Å². The summed E-state index contributed by atoms with van der Waals surface area (Å²) < 4.78 is 27.1. The van der Waals surface area contributed by atoms with Gasteiger partial charge in [0, 0.05) is 30.6 Å². The van der Waals surface area contributed by atoms with Crippen molar-refractivity contribution in [2.24, 2.45) is 5.73 Å². The van der Waals surface area contributed by atoms with Gasteiger partial charge in [0.25, 0.3) is 0 Å². The number of imidazole rings is 1. The molecule has 7 nitrogen and oxygen atoms in total. The number of carbonyl (C=O) groups excluding carboxylic acids is 1. The second-order valence-electron chi connectivity index (χ2n) is 8.36. The van der Waals surface area contributed by atoms with Crippen molar-refractivity contribution in [1.82, 2.24) is 14.9 Å². The van der Waals surface area contributed by atoms with Crippen LogP contribution in [0.15, 0.2) is 84.0 Å². The van der Waals surface area contributed by atoms with Crippen LogP contribution in [-0.2, 0) is 22.9 Å². The summed E-state index contributed by atoms with van der Waals surface area (Å²) in [4.78, 5) is 18.3. The van der Waals surface area contributed by atoms with Crippen molar-refractivity contribution < 1.29 is 13.2 Å². The zero-order valence-electron chi connectivity index (χ0n) is 18.6. The highest BCUT2D eigenvalue weighted by molar-refractivity contribution is 7.90. The summed E-state index contributed by atoms with van der Waals surface area (Å²) in [5.74, 6) is -0.163. The highest BCUT2D eigenvalue weighted by atomic mass is 32.2. The first-order valence-electron chi connectivity index (χ1n) is 10.9. The molecule has 3 N–H and O–H groups in total. The zero-order valence-corrected chi connectivity index (χ0v) is 19.4. The van der Waals surface area contributed by atoms with Gasteiger partial charge in [-0.15, -0.1) is 0 Å². The molecule has 0 fully saturated rings. The summed E-state index contributed by atoms with van der Waals surface area (Å²) in [5.41, 5.74) is 10.7. The Morgan fingerprint density at radius 2 is 1.85 bits per heavy atom. The Labute approximate surface area is 198 Å². The number of fused-ring (bicyclic) bond motifs is 1. The number of aromatic nitrogens is 2. The average molecular weight is 473 g/mol. The maximum absolute atomic E-state index is 13.6. The first kappa shape index (κ1) is 22.2. The minimum absolute atomic E-state index is 0.163. The van der Waals surface area contributed by atoms with E-state index in [9.17, 15) is 13.2 Å². The van der Waals surface area contributed by atoms with Crippen LogP contribution >= 0.6 is 0 Å². The minimum atomic E-state index is -3.54. The lowest BCUT2D eigenvalue weighted by molar-refractivity contribution is 0.0922. The van der Waals surface area contributed by atoms with E-state index in [1.54, 1.807) is 23.0 Å². The van der Waals surface area contributed by atoms with Gasteiger partial charge in [-0.3, -0.25) is 14.7 Å². The van der Waals surface area contributed by atoms with E-state index >= 15 is 0 Å². The number of sulfone groups is 1. The Bertz CT molecular complexity index is 1490. The number of hydrogen-bond acceptors (Lipinski definition) is 6. The quantitative estimate of drug-likeness (QED) is 0.461. The van der Waals surface area contributed by atoms with Crippen LogP contribution < -0.4 is 11.1 Å². The maximum Gasteiger partial charge on any atom is 0.202 e. The van der Waals surface area contributed by atoms with E-state index in [1.165, 1.54) is 6.26 Å². The zero-order chi connectivity index (χ0) is 23.9. The summed E-state index contributed by atoms with van der Waals surface area (Å²) >= 11 is 0. The Morgan fingerprint density at radius 3 is 2.59 bits per heavy atom. The van der Waals surface area contributed by atoms with Crippen LogP contribution in [0, 0.1) is 0 Å². The molecule has 2 heterocycles. The molecule has 0 amide bonds. The first-order valence-corrected chi connectivity index (χ1v) is 12.8. The molecule has 8 heteroatoms. The lowest BCUT2D eigenvalue weighted by atomic mass is 9.94. The van der Waals surface area contributed by atoms with Crippen molar-refractivity contribution in [2.75, 3.05) is 6.26 Å². The number of carbonyl (C=O) groups is 1. The fourth-order valence-corrected chi connectivity index (χ4v) is 5.32. The predicted octanol–water partition coefficient (Wildman–Crippen LogP) is 3.43. The number of nitrogens with two attached hydrogens (primary N) is 1. The lowest BCUT2D eigenvalue weighted by Crippen LogP contribution is -2.35. The Balaban J connectivity index is 1.57. The van der Waals surface area contributed by atoms with Gasteiger partial charge in [-0.2, -0.15) is 0 Å². The molecule has 0 saturated carbocycles. The van der Waals surface area contributed by atoms with Gasteiger partial charge in [0.15, 0.2) is 9.84 Å². The van der Waals surface area contributed by atoms with Crippen molar-refractivity contribution in [3.8, 4) is 16.8 Å². The molecular formula is C26H24N4O3S. The topological polar surface area (TPSA) is 107 Å². The standard InChI is InChI=1S/C26H24N4O3S/c1-34(32,33)23-13-19(10-11-21(23)18-7-3-2-4-8-18)24-26(31)25-22(15-28-24)29-16-30(25)20-9-5-6-17(12-20)14-27/h2-13,16,24,28H,14-15,27H2,1H3. The van der Waals surface area contributed by atoms with Crippen molar-refractivity contribution in [3.05, 3.63) is 102 Å². The number of hydrogen-bond donors (Lipinski definition) is 2. The summed E-state index contributed by atoms with van der Waals surface area (Å²) in [5, 5.41) is 3.23. The summed E-state index contributed by atoms with van der Waals surface area (Å²) in [6, 6.07) is 21.5. The molecule has 0 spiro atoms. The van der Waals surface area contributed by atoms with Crippen molar-refractivity contribution in [3.63, 3.8) is 0 Å². The Hall–Kier alpha value is -3.59. The smallest absolute Gasteiger partial charge is 0.202 e. The van der Waals surface area contributed by atoms with E-state index in [0.717, 1.165) is 16.8 Å². The molecule has 0 bridgehead atoms. The van der Waals surface area contributed by atoms with Gasteiger partial charge >= 0.3 is 0 Å². The van der Waals surface area contributed by atoms with Crippen molar-refractivity contribution in [2.45, 2.75) is 24.0 Å². The molecule has 0 saturated heterocycles. The third kappa shape index (κ3) is 3.96. The van der Waals surface area contributed by atoms with Crippen LogP contribution in [0.25, 0.3) is 16.8 Å². The number of rotatable bonds is 5. The van der Waals surface area contributed by atoms with Gasteiger partial charge in [-0.25, -0.2) is 13.4 Å². The molecule has 1 unspecified atom stereocenters. The van der Waals surface area contributed by atoms with Gasteiger partial charge in [0.2, 0.25) is 5.78 Å². The maximum atomic E-state index is 13.6. The lowest BCUT2D eigenvalue weighted by Gasteiger charge is -2.24. The summed E-state index contributed by atoms with van der Waals surface area (Å²) in [6.07, 6.45) is 2.83. The summed E-state index contributed by atoms with van der Waals surface area (Å²) in [7, 11) is -3.54. The largest absolute Gasteiger partial charge is 0.326 e. The SMILES string of the molecule is CS(=O)(=O)c1cc(C2NCc3ncn(-c4cccc(CN)c4)c3C2=O)ccc1-c1ccccc1. The molecule has 4 aromatic rings. The fraction of sp³-hybridized carbons (Fsp3) is 0.154. The van der Waals surface area contributed by atoms with Gasteiger partial charge in [0.1, 0.15) is 12.0 Å². The molecule has 3 aromatic carbocycles. The van der Waals surface area contributed by atoms with Crippen molar-refractivity contribution in [1.29, 1.82) is 0 Å². The molecule has 172 valence electrons. The van der Waals surface area contributed by atoms with Gasteiger partial charge < -0.3 is 5.73 Å². The normalized spacial score (nSPS) is 15.8. The third-order valence-corrected chi connectivity index (χ3v) is 7.20. The molecule has 1 atom stereocenters. The number of ketones is 1. The first-order chi connectivity index (χ1) is 16.4. The average Bonchev–Trinajstić information content (AvgIpc) is 3.29. The molecule has 34 heavy (non-hydrogen) atoms. The highest BCUT2D eigenvalue weighted by Crippen LogP contribution is 2.33. The molecule has 1 aliphatic heterocycles. The van der Waals surface area contributed by atoms with E-state index in [-0.39, 0.29) is 10.7 Å². The number of nitrogens with zero attached hydrogens (tertiary/aromatic N) is 2. The Morgan fingerprint density at radius 1 is 1.06 bits per heavy atom. The molecule has 1 aliphatic rings. The van der Waals surface area contributed by atoms with Gasteiger partial charge in [-0.1, -0.05) is 54.6 Å². The minimum Gasteiger partial charge on any atom is -0.326 e. The van der Waals surface area contributed by atoms with E-state index in [1.807, 2.05) is 60.7 Å². The second-order valence-corrected chi connectivity index (χ2v) is 10.3. The van der Waals surface area contributed by atoms with E-state index in [4.69, 9.17) is 5.73 Å². The molecule has 0 aliphatic carbocycles. The van der Waals surface area contributed by atoms with E-state index in [2.05, 4.69) is 10.3 Å². The van der Waals surface area contributed by atoms with Crippen LogP contribution in [-0.4, -0.2) is 30.0 Å². The molecule has 1 aromatic heterocycles. The van der Waals surface area contributed by atoms with Gasteiger partial charge in [0.05, 0.1) is 16.6 Å².